The fourth-order valence-electron chi connectivity index (χ4n) is 1.81. The van der Waals surface area contributed by atoms with Crippen LogP contribution < -0.4 is 9.79 Å². The van der Waals surface area contributed by atoms with Gasteiger partial charge in [0, 0.05) is 12.5 Å². The standard InChI is InChI=1S/C14H15N3O3/c1-9-4-6-12(7-5-9)8-17-13(10(2)18)14(20-16-17)15-11(3)19/h4-7H,8H2,1-3H3. The second-order valence-corrected chi connectivity index (χ2v) is 4.56. The van der Waals surface area contributed by atoms with Gasteiger partial charge in [-0.1, -0.05) is 29.8 Å². The van der Waals surface area contributed by atoms with Gasteiger partial charge in [-0.3, -0.25) is 9.32 Å². The third-order valence-electron chi connectivity index (χ3n) is 2.73. The highest BCUT2D eigenvalue weighted by Crippen LogP contribution is 2.15. The first-order valence-electron chi connectivity index (χ1n) is 6.16. The van der Waals surface area contributed by atoms with E-state index in [1.807, 2.05) is 31.2 Å². The molecule has 0 fully saturated rings. The lowest BCUT2D eigenvalue weighted by atomic mass is 10.1. The predicted molar refractivity (Wildman–Crippen MR) is 69.8 cm³/mol. The van der Waals surface area contributed by atoms with Crippen LogP contribution in [0.3, 0.4) is 0 Å². The molecule has 2 rings (SSSR count). The van der Waals surface area contributed by atoms with Crippen LogP contribution in [0.1, 0.15) is 35.5 Å². The first-order valence-corrected chi connectivity index (χ1v) is 6.16. The Labute approximate surface area is 116 Å². The van der Waals surface area contributed by atoms with E-state index in [0.717, 1.165) is 11.1 Å². The number of nitrogens with zero attached hydrogens (tertiary/aromatic N) is 3. The summed E-state index contributed by atoms with van der Waals surface area (Å²) in [4.78, 5) is 15.3. The van der Waals surface area contributed by atoms with Crippen molar-refractivity contribution in [2.75, 3.05) is 0 Å². The van der Waals surface area contributed by atoms with Gasteiger partial charge in [0.15, 0.2) is 0 Å². The number of aromatic nitrogens is 2. The Morgan fingerprint density at radius 2 is 2.00 bits per heavy atom. The Kier molecular flexibility index (Phi) is 3.93. The highest BCUT2D eigenvalue weighted by atomic mass is 16.5. The van der Waals surface area contributed by atoms with Gasteiger partial charge >= 0.3 is 11.6 Å². The van der Waals surface area contributed by atoms with Gasteiger partial charge in [0.1, 0.15) is 0 Å². The van der Waals surface area contributed by atoms with E-state index in [9.17, 15) is 9.90 Å². The summed E-state index contributed by atoms with van der Waals surface area (Å²) in [5.74, 6) is -0.735. The number of benzene rings is 1. The highest BCUT2D eigenvalue weighted by Gasteiger charge is 2.28. The molecule has 104 valence electrons. The van der Waals surface area contributed by atoms with Crippen molar-refractivity contribution in [2.24, 2.45) is 4.99 Å². The molecule has 0 amide bonds. The Morgan fingerprint density at radius 1 is 1.35 bits per heavy atom. The van der Waals surface area contributed by atoms with Gasteiger partial charge in [0.25, 0.3) is 0 Å². The predicted octanol–water partition coefficient (Wildman–Crippen LogP) is 0.932. The van der Waals surface area contributed by atoms with Crippen LogP contribution in [-0.2, 0) is 6.54 Å². The molecule has 0 aliphatic rings. The molecule has 2 aromatic rings. The minimum absolute atomic E-state index is 0.0443. The Hall–Kier alpha value is -2.50. The van der Waals surface area contributed by atoms with Crippen molar-refractivity contribution in [2.45, 2.75) is 27.3 Å². The van der Waals surface area contributed by atoms with E-state index >= 15 is 0 Å². The molecule has 0 saturated heterocycles. The highest BCUT2D eigenvalue weighted by molar-refractivity contribution is 5.94. The van der Waals surface area contributed by atoms with E-state index in [1.54, 1.807) is 0 Å². The number of carbonyl (C=O) groups excluding carboxylic acids is 1. The summed E-state index contributed by atoms with van der Waals surface area (Å²) < 4.78 is 6.38. The molecule has 0 aliphatic heterocycles. The number of hydrogen-bond acceptors (Lipinski definition) is 5. The first-order chi connectivity index (χ1) is 9.47. The zero-order chi connectivity index (χ0) is 14.7. The smallest absolute Gasteiger partial charge is 0.342 e. The van der Waals surface area contributed by atoms with Crippen molar-refractivity contribution in [1.82, 2.24) is 5.27 Å². The molecule has 0 saturated carbocycles. The number of rotatable bonds is 4. The number of ketones is 1. The lowest BCUT2D eigenvalue weighted by Gasteiger charge is -1.98. The van der Waals surface area contributed by atoms with E-state index < -0.39 is 5.90 Å². The zero-order valence-corrected chi connectivity index (χ0v) is 11.6. The number of hydrogen-bond donors (Lipinski definition) is 0. The van der Waals surface area contributed by atoms with Crippen molar-refractivity contribution in [1.29, 1.82) is 0 Å². The molecule has 0 N–H and O–H groups in total. The Bertz CT molecular complexity index is 653. The molecule has 1 aromatic heterocycles. The molecule has 1 heterocycles. The van der Waals surface area contributed by atoms with Crippen molar-refractivity contribution < 1.29 is 19.1 Å². The van der Waals surface area contributed by atoms with Gasteiger partial charge in [-0.25, -0.2) is 4.99 Å². The van der Waals surface area contributed by atoms with E-state index in [-0.39, 0.29) is 17.4 Å². The lowest BCUT2D eigenvalue weighted by Crippen LogP contribution is -2.41. The molecule has 6 nitrogen and oxygen atoms in total. The summed E-state index contributed by atoms with van der Waals surface area (Å²) in [6, 6.07) is 7.85. The molecule has 0 unspecified atom stereocenters. The van der Waals surface area contributed by atoms with E-state index in [0.29, 0.717) is 6.54 Å². The van der Waals surface area contributed by atoms with Crippen LogP contribution in [0.15, 0.2) is 33.8 Å². The molecule has 0 spiro atoms. The number of aliphatic imine (C=N–C) groups is 1. The minimum atomic E-state index is -0.439. The van der Waals surface area contributed by atoms with Crippen LogP contribution >= 0.6 is 0 Å². The summed E-state index contributed by atoms with van der Waals surface area (Å²) in [5.41, 5.74) is 2.32. The van der Waals surface area contributed by atoms with Gasteiger partial charge in [-0.15, -0.1) is 0 Å². The molecule has 0 atom stereocenters. The first kappa shape index (κ1) is 13.9. The maximum atomic E-state index is 11.7. The molecular weight excluding hydrogens is 258 g/mol. The van der Waals surface area contributed by atoms with E-state index in [1.165, 1.54) is 18.5 Å². The normalized spacial score (nSPS) is 11.7. The average molecular weight is 273 g/mol. The number of aryl methyl sites for hydroxylation is 1. The SMILES string of the molecule is CC(=O)c1c(/N=C(\C)[O-])on[n+]1Cc1ccc(C)cc1. The van der Waals surface area contributed by atoms with Crippen LogP contribution in [-0.4, -0.2) is 17.0 Å². The molecule has 20 heavy (non-hydrogen) atoms. The Morgan fingerprint density at radius 3 is 2.55 bits per heavy atom. The largest absolute Gasteiger partial charge is 0.862 e. The fraction of sp³-hybridized carbons (Fsp3) is 0.286. The second kappa shape index (κ2) is 5.64. The van der Waals surface area contributed by atoms with Gasteiger partial charge in [-0.2, -0.15) is 0 Å². The van der Waals surface area contributed by atoms with Crippen LogP contribution in [0.25, 0.3) is 0 Å². The molecule has 0 bridgehead atoms. The monoisotopic (exact) mass is 273 g/mol. The molecule has 0 aliphatic carbocycles. The molecule has 1 aromatic carbocycles. The summed E-state index contributed by atoms with van der Waals surface area (Å²) in [5, 5.41) is 14.8. The number of carbonyl (C=O) groups is 1. The van der Waals surface area contributed by atoms with Crippen LogP contribution in [0.5, 0.6) is 0 Å². The lowest BCUT2D eigenvalue weighted by molar-refractivity contribution is -0.756. The maximum Gasteiger partial charge on any atom is 0.342 e. The second-order valence-electron chi connectivity index (χ2n) is 4.56. The van der Waals surface area contributed by atoms with Gasteiger partial charge < -0.3 is 5.11 Å². The zero-order valence-electron chi connectivity index (χ0n) is 11.6. The third kappa shape index (κ3) is 3.09. The summed E-state index contributed by atoms with van der Waals surface area (Å²) in [7, 11) is 0. The van der Waals surface area contributed by atoms with Crippen molar-refractivity contribution in [3.05, 3.63) is 41.1 Å². The van der Waals surface area contributed by atoms with Gasteiger partial charge in [-0.05, 0) is 24.4 Å². The van der Waals surface area contributed by atoms with Crippen molar-refractivity contribution in [3.63, 3.8) is 0 Å². The van der Waals surface area contributed by atoms with Crippen molar-refractivity contribution in [3.8, 4) is 0 Å². The van der Waals surface area contributed by atoms with Crippen LogP contribution in [0.2, 0.25) is 0 Å². The van der Waals surface area contributed by atoms with Crippen LogP contribution in [0, 0.1) is 6.92 Å². The fourth-order valence-corrected chi connectivity index (χ4v) is 1.81. The summed E-state index contributed by atoms with van der Waals surface area (Å²) in [6.07, 6.45) is 0. The average Bonchev–Trinajstić information content (AvgIpc) is 2.74. The summed E-state index contributed by atoms with van der Waals surface area (Å²) in [6.45, 7) is 5.05. The van der Waals surface area contributed by atoms with Gasteiger partial charge in [0.2, 0.25) is 17.6 Å². The van der Waals surface area contributed by atoms with Crippen molar-refractivity contribution >= 4 is 17.6 Å². The minimum Gasteiger partial charge on any atom is -0.862 e. The Balaban J connectivity index is 2.37. The van der Waals surface area contributed by atoms with E-state index in [2.05, 4.69) is 10.3 Å². The molecular formula is C14H15N3O3. The third-order valence-corrected chi connectivity index (χ3v) is 2.73. The topological polar surface area (TPSA) is 82.4 Å². The summed E-state index contributed by atoms with van der Waals surface area (Å²) >= 11 is 0. The quantitative estimate of drug-likeness (QED) is 0.359. The maximum absolute atomic E-state index is 11.7. The van der Waals surface area contributed by atoms with Gasteiger partial charge in [0.05, 0.1) is 0 Å². The number of Topliss-reactive ketones (excluding diaryl/α,β-unsaturated/α-hetero) is 1. The molecule has 0 radical (unpaired) electrons. The van der Waals surface area contributed by atoms with Crippen LogP contribution in [0.4, 0.5) is 5.88 Å². The van der Waals surface area contributed by atoms with E-state index in [4.69, 9.17) is 4.52 Å². The molecule has 6 heteroatoms.